The van der Waals surface area contributed by atoms with Gasteiger partial charge in [-0.3, -0.25) is 4.79 Å². The van der Waals surface area contributed by atoms with Crippen molar-refractivity contribution in [2.24, 2.45) is 0 Å². The number of thiocarbonyl (C=S) groups is 1. The Morgan fingerprint density at radius 1 is 1.89 bits per heavy atom. The van der Waals surface area contributed by atoms with E-state index in [-0.39, 0.29) is 0 Å². The van der Waals surface area contributed by atoms with Crippen molar-refractivity contribution in [3.63, 3.8) is 0 Å². The van der Waals surface area contributed by atoms with E-state index in [0.717, 1.165) is 11.8 Å². The van der Waals surface area contributed by atoms with Crippen molar-refractivity contribution < 1.29 is 9.90 Å². The second-order valence-electron chi connectivity index (χ2n) is 1.36. The van der Waals surface area contributed by atoms with E-state index in [9.17, 15) is 4.79 Å². The molecular weight excluding hydrogens is 176 g/mol. The first-order valence-electron chi connectivity index (χ1n) is 2.16. The highest BCUT2D eigenvalue weighted by atomic mass is 32.2. The Hall–Kier alpha value is 0.260. The summed E-state index contributed by atoms with van der Waals surface area (Å²) < 4.78 is 0.366. The standard InChI is InChI=1S/C4H6O2S3/c1-2(3(5)6)9-4(7)8/h2H,1H3,(H,5,6)(H,7,8). The van der Waals surface area contributed by atoms with Gasteiger partial charge in [0.25, 0.3) is 0 Å². The lowest BCUT2D eigenvalue weighted by Crippen LogP contribution is -2.11. The third-order valence-electron chi connectivity index (χ3n) is 0.625. The molecule has 0 aromatic rings. The number of carboxylic acids is 1. The molecule has 0 aromatic carbocycles. The van der Waals surface area contributed by atoms with Gasteiger partial charge in [0.15, 0.2) is 0 Å². The molecule has 0 spiro atoms. The average molecular weight is 182 g/mol. The number of aliphatic carboxylic acids is 1. The number of thiol groups is 1. The molecule has 0 aliphatic rings. The minimum Gasteiger partial charge on any atom is -0.480 e. The monoisotopic (exact) mass is 182 g/mol. The van der Waals surface area contributed by atoms with E-state index in [1.54, 1.807) is 6.92 Å². The minimum absolute atomic E-state index is 0.366. The summed E-state index contributed by atoms with van der Waals surface area (Å²) in [6.07, 6.45) is 0. The van der Waals surface area contributed by atoms with Gasteiger partial charge in [-0.25, -0.2) is 0 Å². The molecule has 0 aliphatic heterocycles. The molecule has 0 rings (SSSR count). The van der Waals surface area contributed by atoms with Crippen LogP contribution in [-0.2, 0) is 4.79 Å². The molecule has 1 N–H and O–H groups in total. The number of thioether (sulfide) groups is 1. The van der Waals surface area contributed by atoms with E-state index >= 15 is 0 Å². The number of hydrogen-bond donors (Lipinski definition) is 2. The lowest BCUT2D eigenvalue weighted by atomic mass is 10.5. The van der Waals surface area contributed by atoms with Crippen LogP contribution >= 0.6 is 36.6 Å². The van der Waals surface area contributed by atoms with Gasteiger partial charge in [0.2, 0.25) is 0 Å². The largest absolute Gasteiger partial charge is 0.480 e. The van der Waals surface area contributed by atoms with Crippen LogP contribution in [0.4, 0.5) is 0 Å². The van der Waals surface area contributed by atoms with Crippen molar-refractivity contribution in [3.05, 3.63) is 0 Å². The van der Waals surface area contributed by atoms with Gasteiger partial charge in [-0.1, -0.05) is 24.0 Å². The normalized spacial score (nSPS) is 12.7. The maximum atomic E-state index is 10.1. The van der Waals surface area contributed by atoms with Crippen LogP contribution in [0.15, 0.2) is 0 Å². The molecule has 0 aromatic heterocycles. The van der Waals surface area contributed by atoms with E-state index < -0.39 is 11.2 Å². The van der Waals surface area contributed by atoms with Crippen LogP contribution in [0.5, 0.6) is 0 Å². The summed E-state index contributed by atoms with van der Waals surface area (Å²) in [4.78, 5) is 10.1. The quantitative estimate of drug-likeness (QED) is 0.500. The summed E-state index contributed by atoms with van der Waals surface area (Å²) >= 11 is 9.38. The van der Waals surface area contributed by atoms with Crippen molar-refractivity contribution in [3.8, 4) is 0 Å². The van der Waals surface area contributed by atoms with Gasteiger partial charge in [-0.2, -0.15) is 0 Å². The zero-order chi connectivity index (χ0) is 7.44. The zero-order valence-electron chi connectivity index (χ0n) is 4.70. The fourth-order valence-electron chi connectivity index (χ4n) is 0.202. The predicted octanol–water partition coefficient (Wildman–Crippen LogP) is 1.41. The molecule has 0 bridgehead atoms. The Morgan fingerprint density at radius 3 is 2.44 bits per heavy atom. The lowest BCUT2D eigenvalue weighted by Gasteiger charge is -2.00. The van der Waals surface area contributed by atoms with Crippen LogP contribution in [0, 0.1) is 0 Å². The molecule has 0 aliphatic carbocycles. The van der Waals surface area contributed by atoms with E-state index in [1.165, 1.54) is 0 Å². The molecule has 9 heavy (non-hydrogen) atoms. The molecular formula is C4H6O2S3. The Morgan fingerprint density at radius 2 is 2.33 bits per heavy atom. The van der Waals surface area contributed by atoms with E-state index in [0.29, 0.717) is 3.53 Å². The molecule has 52 valence electrons. The van der Waals surface area contributed by atoms with E-state index in [2.05, 4.69) is 24.8 Å². The van der Waals surface area contributed by atoms with Gasteiger partial charge in [-0.05, 0) is 6.92 Å². The highest BCUT2D eigenvalue weighted by Crippen LogP contribution is 2.14. The minimum atomic E-state index is -0.864. The topological polar surface area (TPSA) is 37.3 Å². The second-order valence-corrected chi connectivity index (χ2v) is 4.43. The van der Waals surface area contributed by atoms with Crippen LogP contribution in [-0.4, -0.2) is 19.9 Å². The Kier molecular flexibility index (Phi) is 4.26. The van der Waals surface area contributed by atoms with Crippen LogP contribution in [0.2, 0.25) is 0 Å². The molecule has 0 saturated heterocycles. The highest BCUT2D eigenvalue weighted by molar-refractivity contribution is 8.42. The van der Waals surface area contributed by atoms with Gasteiger partial charge >= 0.3 is 5.97 Å². The van der Waals surface area contributed by atoms with Gasteiger partial charge in [0.05, 0.1) is 0 Å². The van der Waals surface area contributed by atoms with Gasteiger partial charge in [-0.15, -0.1) is 12.6 Å². The molecule has 0 radical (unpaired) electrons. The molecule has 0 fully saturated rings. The summed E-state index contributed by atoms with van der Waals surface area (Å²) in [5.41, 5.74) is 0. The first kappa shape index (κ1) is 9.26. The lowest BCUT2D eigenvalue weighted by molar-refractivity contribution is -0.136. The van der Waals surface area contributed by atoms with Crippen LogP contribution in [0.3, 0.4) is 0 Å². The van der Waals surface area contributed by atoms with Crippen molar-refractivity contribution in [2.45, 2.75) is 12.2 Å². The second kappa shape index (κ2) is 4.14. The Bertz CT molecular complexity index is 134. The maximum Gasteiger partial charge on any atom is 0.316 e. The first-order chi connectivity index (χ1) is 4.04. The molecule has 5 heteroatoms. The molecule has 1 atom stereocenters. The average Bonchev–Trinajstić information content (AvgIpc) is 1.63. The summed E-state index contributed by atoms with van der Waals surface area (Å²) in [7, 11) is 0. The summed E-state index contributed by atoms with van der Waals surface area (Å²) in [5, 5.41) is 7.83. The predicted molar refractivity (Wildman–Crippen MR) is 46.3 cm³/mol. The SMILES string of the molecule is CC(SC(=S)S)C(=O)O. The fraction of sp³-hybridized carbons (Fsp3) is 0.500. The molecule has 0 amide bonds. The summed E-state index contributed by atoms with van der Waals surface area (Å²) in [6.45, 7) is 1.56. The van der Waals surface area contributed by atoms with Crippen molar-refractivity contribution >= 4 is 46.1 Å². The molecule has 0 saturated carbocycles. The zero-order valence-corrected chi connectivity index (χ0v) is 7.22. The maximum absolute atomic E-state index is 10.1. The Balaban J connectivity index is 3.63. The number of hydrogen-bond acceptors (Lipinski definition) is 3. The van der Waals surface area contributed by atoms with Crippen LogP contribution in [0.1, 0.15) is 6.92 Å². The summed E-state index contributed by atoms with van der Waals surface area (Å²) in [6, 6.07) is 0. The number of rotatable bonds is 2. The summed E-state index contributed by atoms with van der Waals surface area (Å²) in [5.74, 6) is -0.864. The Labute approximate surface area is 68.4 Å². The van der Waals surface area contributed by atoms with Crippen molar-refractivity contribution in [2.75, 3.05) is 0 Å². The molecule has 0 heterocycles. The van der Waals surface area contributed by atoms with Gasteiger partial charge in [0, 0.05) is 0 Å². The first-order valence-corrected chi connectivity index (χ1v) is 3.90. The third kappa shape index (κ3) is 4.74. The third-order valence-corrected chi connectivity index (χ3v) is 1.99. The smallest absolute Gasteiger partial charge is 0.316 e. The van der Waals surface area contributed by atoms with E-state index in [1.807, 2.05) is 0 Å². The molecule has 2 nitrogen and oxygen atoms in total. The fourth-order valence-corrected chi connectivity index (χ4v) is 1.51. The van der Waals surface area contributed by atoms with Crippen molar-refractivity contribution in [1.82, 2.24) is 0 Å². The van der Waals surface area contributed by atoms with Crippen molar-refractivity contribution in [1.29, 1.82) is 0 Å². The van der Waals surface area contributed by atoms with E-state index in [4.69, 9.17) is 5.11 Å². The molecule has 1 unspecified atom stereocenters. The highest BCUT2D eigenvalue weighted by Gasteiger charge is 2.11. The number of carboxylic acid groups (broad SMARTS) is 1. The van der Waals surface area contributed by atoms with Crippen LogP contribution in [0.25, 0.3) is 0 Å². The van der Waals surface area contributed by atoms with Gasteiger partial charge in [0.1, 0.15) is 8.78 Å². The van der Waals surface area contributed by atoms with Crippen LogP contribution < -0.4 is 0 Å². The number of carbonyl (C=O) groups is 1. The van der Waals surface area contributed by atoms with Gasteiger partial charge < -0.3 is 5.11 Å².